The Bertz CT molecular complexity index is 1510. The van der Waals surface area contributed by atoms with Crippen LogP contribution in [0.5, 0.6) is 5.75 Å². The molecule has 198 valence electrons. The molecule has 0 bridgehead atoms. The van der Waals surface area contributed by atoms with Gasteiger partial charge in [0.2, 0.25) is 5.91 Å². The highest BCUT2D eigenvalue weighted by Crippen LogP contribution is 2.41. The van der Waals surface area contributed by atoms with Gasteiger partial charge in [0.1, 0.15) is 5.75 Å². The number of nitrogens with zero attached hydrogens (tertiary/aromatic N) is 1. The largest absolute Gasteiger partial charge is 0.495 e. The zero-order valence-electron chi connectivity index (χ0n) is 22.3. The minimum absolute atomic E-state index is 0.0956. The van der Waals surface area contributed by atoms with Gasteiger partial charge in [-0.25, -0.2) is 0 Å². The second-order valence-corrected chi connectivity index (χ2v) is 10.2. The number of allylic oxidation sites excluding steroid dienone is 2. The predicted octanol–water partition coefficient (Wildman–Crippen LogP) is 6.02. The summed E-state index contributed by atoms with van der Waals surface area (Å²) in [5.41, 5.74) is 5.60. The highest BCUT2D eigenvalue weighted by atomic mass is 32.2. The highest BCUT2D eigenvalue weighted by molar-refractivity contribution is 8.03. The number of anilines is 2. The van der Waals surface area contributed by atoms with E-state index in [4.69, 9.17) is 4.74 Å². The van der Waals surface area contributed by atoms with Gasteiger partial charge in [-0.3, -0.25) is 9.59 Å². The average Bonchev–Trinajstić information content (AvgIpc) is 2.93. The summed E-state index contributed by atoms with van der Waals surface area (Å²) in [5.74, 6) is -0.513. The number of para-hydroxylation sites is 2. The number of nitrogens with one attached hydrogen (secondary N) is 3. The van der Waals surface area contributed by atoms with Crippen molar-refractivity contribution >= 4 is 35.0 Å². The van der Waals surface area contributed by atoms with Crippen LogP contribution in [0.15, 0.2) is 94.7 Å². The molecule has 3 N–H and O–H groups in total. The summed E-state index contributed by atoms with van der Waals surface area (Å²) in [4.78, 5) is 26.5. The van der Waals surface area contributed by atoms with Crippen LogP contribution >= 0.6 is 11.8 Å². The van der Waals surface area contributed by atoms with Gasteiger partial charge in [0.15, 0.2) is 0 Å². The van der Waals surface area contributed by atoms with Crippen LogP contribution in [0.2, 0.25) is 0 Å². The third-order valence-electron chi connectivity index (χ3n) is 6.38. The van der Waals surface area contributed by atoms with Gasteiger partial charge in [-0.15, -0.1) is 0 Å². The van der Waals surface area contributed by atoms with E-state index >= 15 is 0 Å². The number of thioether (sulfide) groups is 1. The fourth-order valence-corrected chi connectivity index (χ4v) is 5.41. The lowest BCUT2D eigenvalue weighted by atomic mass is 9.82. The third kappa shape index (κ3) is 6.33. The van der Waals surface area contributed by atoms with Crippen LogP contribution in [0.3, 0.4) is 0 Å². The zero-order valence-corrected chi connectivity index (χ0v) is 23.1. The van der Waals surface area contributed by atoms with Crippen LogP contribution in [-0.2, 0) is 9.59 Å². The molecule has 0 unspecified atom stereocenters. The number of carbonyl (C=O) groups excluding carboxylic acids is 2. The predicted molar refractivity (Wildman–Crippen MR) is 156 cm³/mol. The first-order valence-corrected chi connectivity index (χ1v) is 13.4. The molecule has 8 heteroatoms. The molecule has 0 aliphatic carbocycles. The number of amides is 2. The molecule has 1 aliphatic heterocycles. The second-order valence-electron chi connectivity index (χ2n) is 9.17. The Morgan fingerprint density at radius 2 is 1.69 bits per heavy atom. The minimum Gasteiger partial charge on any atom is -0.495 e. The molecule has 3 aromatic carbocycles. The third-order valence-corrected chi connectivity index (χ3v) is 7.40. The lowest BCUT2D eigenvalue weighted by Gasteiger charge is -2.30. The molecule has 1 atom stereocenters. The molecule has 1 heterocycles. The lowest BCUT2D eigenvalue weighted by molar-refractivity contribution is -0.114. The first-order valence-electron chi connectivity index (χ1n) is 12.4. The number of benzene rings is 3. The van der Waals surface area contributed by atoms with E-state index in [1.807, 2.05) is 74.5 Å². The molecule has 4 rings (SSSR count). The van der Waals surface area contributed by atoms with Crippen LogP contribution in [0.1, 0.15) is 29.5 Å². The number of nitriles is 1. The number of dihydropyridines is 1. The molecule has 0 saturated heterocycles. The molecule has 2 amide bonds. The van der Waals surface area contributed by atoms with Gasteiger partial charge >= 0.3 is 0 Å². The molecule has 0 aromatic heterocycles. The summed E-state index contributed by atoms with van der Waals surface area (Å²) in [6.07, 6.45) is 0. The quantitative estimate of drug-likeness (QED) is 0.324. The highest BCUT2D eigenvalue weighted by Gasteiger charge is 2.35. The van der Waals surface area contributed by atoms with Gasteiger partial charge < -0.3 is 20.7 Å². The molecule has 0 radical (unpaired) electrons. The molecular formula is C31H30N4O3S. The molecular weight excluding hydrogens is 508 g/mol. The number of ether oxygens (including phenoxy) is 1. The Labute approximate surface area is 233 Å². The standard InChI is InChI=1S/C31H30N4O3S/c1-19-14-15-24(20(2)16-19)34-27(36)18-39-31-23(17-32)29(22-10-6-5-7-11-22)28(21(3)33-31)30(37)35-25-12-8-9-13-26(25)38-4/h5-16,29,33H,18H2,1-4H3,(H,34,36)(H,35,37)/t29-/m0/s1. The van der Waals surface area contributed by atoms with Gasteiger partial charge in [-0.05, 0) is 50.1 Å². The molecule has 1 aliphatic rings. The SMILES string of the molecule is COc1ccccc1NC(=O)C1=C(C)NC(SCC(=O)Nc2ccc(C)cc2C)=C(C#N)[C@@H]1c1ccccc1. The maximum absolute atomic E-state index is 13.7. The van der Waals surface area contributed by atoms with Gasteiger partial charge in [-0.2, -0.15) is 5.26 Å². The van der Waals surface area contributed by atoms with Gasteiger partial charge in [0, 0.05) is 17.0 Å². The molecule has 7 nitrogen and oxygen atoms in total. The summed E-state index contributed by atoms with van der Waals surface area (Å²) < 4.78 is 5.39. The van der Waals surface area contributed by atoms with Crippen molar-refractivity contribution in [2.45, 2.75) is 26.7 Å². The molecule has 0 fully saturated rings. The van der Waals surface area contributed by atoms with Crippen LogP contribution in [0, 0.1) is 25.2 Å². The second kappa shape index (κ2) is 12.4. The van der Waals surface area contributed by atoms with Crippen LogP contribution in [0.4, 0.5) is 11.4 Å². The van der Waals surface area contributed by atoms with Gasteiger partial charge in [0.05, 0.1) is 41.1 Å². The van der Waals surface area contributed by atoms with Crippen molar-refractivity contribution in [1.29, 1.82) is 5.26 Å². The van der Waals surface area contributed by atoms with E-state index in [0.29, 0.717) is 33.3 Å². The van der Waals surface area contributed by atoms with Crippen molar-refractivity contribution in [3.8, 4) is 11.8 Å². The Balaban J connectivity index is 1.62. The Hall–Kier alpha value is -4.48. The van der Waals surface area contributed by atoms with Crippen molar-refractivity contribution in [2.24, 2.45) is 0 Å². The molecule has 3 aromatic rings. The average molecular weight is 539 g/mol. The fourth-order valence-electron chi connectivity index (χ4n) is 4.52. The van der Waals surface area contributed by atoms with E-state index in [1.54, 1.807) is 26.2 Å². The topological polar surface area (TPSA) is 103 Å². The van der Waals surface area contributed by atoms with Crippen LogP contribution in [0.25, 0.3) is 0 Å². The number of carbonyl (C=O) groups is 2. The van der Waals surface area contributed by atoms with E-state index in [9.17, 15) is 14.9 Å². The normalized spacial score (nSPS) is 14.8. The van der Waals surface area contributed by atoms with E-state index < -0.39 is 5.92 Å². The van der Waals surface area contributed by atoms with Crippen molar-refractivity contribution in [2.75, 3.05) is 23.5 Å². The molecule has 39 heavy (non-hydrogen) atoms. The number of methoxy groups -OCH3 is 1. The summed E-state index contributed by atoms with van der Waals surface area (Å²) in [7, 11) is 1.54. The zero-order chi connectivity index (χ0) is 27.9. The number of rotatable bonds is 8. The van der Waals surface area contributed by atoms with E-state index in [-0.39, 0.29) is 17.6 Å². The van der Waals surface area contributed by atoms with Crippen LogP contribution < -0.4 is 20.7 Å². The summed E-state index contributed by atoms with van der Waals surface area (Å²) >= 11 is 1.24. The van der Waals surface area contributed by atoms with Gasteiger partial charge in [0.25, 0.3) is 5.91 Å². The van der Waals surface area contributed by atoms with Crippen molar-refractivity contribution < 1.29 is 14.3 Å². The van der Waals surface area contributed by atoms with Crippen molar-refractivity contribution in [3.63, 3.8) is 0 Å². The molecule has 0 spiro atoms. The maximum atomic E-state index is 13.7. The Kier molecular flexibility index (Phi) is 8.74. The first-order chi connectivity index (χ1) is 18.8. The monoisotopic (exact) mass is 538 g/mol. The summed E-state index contributed by atoms with van der Waals surface area (Å²) in [6, 6.07) is 24.7. The van der Waals surface area contributed by atoms with Crippen molar-refractivity contribution in [3.05, 3.63) is 111 Å². The van der Waals surface area contributed by atoms with E-state index in [1.165, 1.54) is 11.8 Å². The van der Waals surface area contributed by atoms with Crippen LogP contribution in [-0.4, -0.2) is 24.7 Å². The number of hydrogen-bond donors (Lipinski definition) is 3. The molecule has 0 saturated carbocycles. The minimum atomic E-state index is -0.614. The Morgan fingerprint density at radius 3 is 2.38 bits per heavy atom. The van der Waals surface area contributed by atoms with E-state index in [0.717, 1.165) is 22.4 Å². The van der Waals surface area contributed by atoms with Crippen molar-refractivity contribution in [1.82, 2.24) is 5.32 Å². The first kappa shape index (κ1) is 27.6. The lowest BCUT2D eigenvalue weighted by Crippen LogP contribution is -2.31. The number of hydrogen-bond acceptors (Lipinski definition) is 6. The number of aryl methyl sites for hydroxylation is 2. The Morgan fingerprint density at radius 1 is 0.974 bits per heavy atom. The van der Waals surface area contributed by atoms with E-state index in [2.05, 4.69) is 22.0 Å². The smallest absolute Gasteiger partial charge is 0.254 e. The summed E-state index contributed by atoms with van der Waals surface area (Å²) in [5, 5.41) is 19.9. The maximum Gasteiger partial charge on any atom is 0.254 e. The van der Waals surface area contributed by atoms with Gasteiger partial charge in [-0.1, -0.05) is 71.9 Å². The summed E-state index contributed by atoms with van der Waals surface area (Å²) in [6.45, 7) is 5.76. The fraction of sp³-hybridized carbons (Fsp3) is 0.194.